The van der Waals surface area contributed by atoms with E-state index in [1.807, 2.05) is 0 Å². The number of carbonyl (C=O) groups is 1. The normalized spacial score (nSPS) is 20.0. The molecule has 0 unspecified atom stereocenters. The minimum Gasteiger partial charge on any atom is -0.348 e. The van der Waals surface area contributed by atoms with Crippen molar-refractivity contribution in [3.63, 3.8) is 0 Å². The fourth-order valence-corrected chi connectivity index (χ4v) is 2.28. The molecule has 2 N–H and O–H groups in total. The lowest BCUT2D eigenvalue weighted by molar-refractivity contribution is 0.0926. The molecule has 2 rings (SSSR count). The number of nitrogens with one attached hydrogen (secondary N) is 2. The molecule has 1 atom stereocenters. The third kappa shape index (κ3) is 3.04. The van der Waals surface area contributed by atoms with E-state index < -0.39 is 5.82 Å². The molecular formula is C12H14BrFN2O. The van der Waals surface area contributed by atoms with E-state index in [1.54, 1.807) is 12.1 Å². The van der Waals surface area contributed by atoms with Gasteiger partial charge in [0, 0.05) is 12.6 Å². The van der Waals surface area contributed by atoms with E-state index in [2.05, 4.69) is 26.6 Å². The number of halogens is 2. The Labute approximate surface area is 108 Å². The van der Waals surface area contributed by atoms with Crippen LogP contribution in [0.2, 0.25) is 0 Å². The molecule has 1 fully saturated rings. The summed E-state index contributed by atoms with van der Waals surface area (Å²) in [6.07, 6.45) is 1.97. The van der Waals surface area contributed by atoms with E-state index >= 15 is 0 Å². The number of rotatable bonds is 2. The van der Waals surface area contributed by atoms with Crippen molar-refractivity contribution in [3.05, 3.63) is 34.1 Å². The van der Waals surface area contributed by atoms with Crippen molar-refractivity contribution in [3.8, 4) is 0 Å². The van der Waals surface area contributed by atoms with Crippen LogP contribution in [0.3, 0.4) is 0 Å². The van der Waals surface area contributed by atoms with Crippen LogP contribution in [0.15, 0.2) is 22.7 Å². The maximum absolute atomic E-state index is 13.7. The van der Waals surface area contributed by atoms with Gasteiger partial charge < -0.3 is 10.6 Å². The summed E-state index contributed by atoms with van der Waals surface area (Å²) in [5.74, 6) is -0.855. The van der Waals surface area contributed by atoms with Gasteiger partial charge in [0.15, 0.2) is 0 Å². The molecule has 92 valence electrons. The van der Waals surface area contributed by atoms with Gasteiger partial charge in [0.1, 0.15) is 5.82 Å². The molecule has 0 bridgehead atoms. The van der Waals surface area contributed by atoms with E-state index in [-0.39, 0.29) is 17.5 Å². The van der Waals surface area contributed by atoms with Gasteiger partial charge in [-0.15, -0.1) is 0 Å². The number of carbonyl (C=O) groups excluding carboxylic acids is 1. The molecule has 1 amide bonds. The number of hydrogen-bond donors (Lipinski definition) is 2. The summed E-state index contributed by atoms with van der Waals surface area (Å²) in [6, 6.07) is 4.82. The zero-order valence-corrected chi connectivity index (χ0v) is 10.9. The van der Waals surface area contributed by atoms with Crippen molar-refractivity contribution in [2.24, 2.45) is 0 Å². The number of amides is 1. The van der Waals surface area contributed by atoms with E-state index in [1.165, 1.54) is 6.07 Å². The third-order valence-corrected chi connectivity index (χ3v) is 3.44. The highest BCUT2D eigenvalue weighted by Crippen LogP contribution is 2.18. The summed E-state index contributed by atoms with van der Waals surface area (Å²) < 4.78 is 14.0. The average molecular weight is 301 g/mol. The summed E-state index contributed by atoms with van der Waals surface area (Å²) in [5, 5.41) is 6.04. The van der Waals surface area contributed by atoms with Crippen molar-refractivity contribution in [2.45, 2.75) is 18.9 Å². The van der Waals surface area contributed by atoms with E-state index in [4.69, 9.17) is 0 Å². The van der Waals surface area contributed by atoms with Crippen molar-refractivity contribution in [2.75, 3.05) is 13.1 Å². The van der Waals surface area contributed by atoms with Gasteiger partial charge in [-0.3, -0.25) is 4.79 Å². The van der Waals surface area contributed by atoms with Gasteiger partial charge in [0.05, 0.1) is 10.0 Å². The standard InChI is InChI=1S/C12H14BrFN2O/c13-10-5-1-4-9(11(10)14)12(17)16-8-3-2-6-15-7-8/h1,4-5,8,15H,2-3,6-7H2,(H,16,17)/t8-/m1/s1. The molecule has 3 nitrogen and oxygen atoms in total. The van der Waals surface area contributed by atoms with Crippen molar-refractivity contribution >= 4 is 21.8 Å². The zero-order chi connectivity index (χ0) is 12.3. The zero-order valence-electron chi connectivity index (χ0n) is 9.30. The molecule has 0 radical (unpaired) electrons. The van der Waals surface area contributed by atoms with Crippen LogP contribution in [0.1, 0.15) is 23.2 Å². The van der Waals surface area contributed by atoms with Crippen LogP contribution >= 0.6 is 15.9 Å². The Morgan fingerprint density at radius 1 is 1.53 bits per heavy atom. The lowest BCUT2D eigenvalue weighted by atomic mass is 10.1. The van der Waals surface area contributed by atoms with Crippen molar-refractivity contribution in [1.29, 1.82) is 0 Å². The summed E-state index contributed by atoms with van der Waals surface area (Å²) >= 11 is 3.07. The first-order chi connectivity index (χ1) is 8.18. The minimum absolute atomic E-state index is 0.0879. The lowest BCUT2D eigenvalue weighted by Crippen LogP contribution is -2.45. The highest BCUT2D eigenvalue weighted by molar-refractivity contribution is 9.10. The van der Waals surface area contributed by atoms with Crippen LogP contribution in [0.25, 0.3) is 0 Å². The average Bonchev–Trinajstić information content (AvgIpc) is 2.34. The predicted octanol–water partition coefficient (Wildman–Crippen LogP) is 2.07. The molecule has 1 saturated heterocycles. The molecule has 0 saturated carbocycles. The first-order valence-corrected chi connectivity index (χ1v) is 6.43. The largest absolute Gasteiger partial charge is 0.348 e. The summed E-state index contributed by atoms with van der Waals surface area (Å²) in [4.78, 5) is 11.9. The Morgan fingerprint density at radius 3 is 3.06 bits per heavy atom. The summed E-state index contributed by atoms with van der Waals surface area (Å²) in [7, 11) is 0. The Morgan fingerprint density at radius 2 is 2.35 bits per heavy atom. The van der Waals surface area contributed by atoms with E-state index in [0.29, 0.717) is 4.47 Å². The second kappa shape index (κ2) is 5.60. The number of hydrogen-bond acceptors (Lipinski definition) is 2. The molecule has 5 heteroatoms. The molecule has 1 aromatic carbocycles. The molecule has 0 aliphatic carbocycles. The van der Waals surface area contributed by atoms with Crippen LogP contribution in [0, 0.1) is 5.82 Å². The van der Waals surface area contributed by atoms with Gasteiger partial charge in [-0.2, -0.15) is 0 Å². The monoisotopic (exact) mass is 300 g/mol. The minimum atomic E-state index is -0.506. The van der Waals surface area contributed by atoms with Gasteiger partial charge in [0.2, 0.25) is 0 Å². The number of piperidine rings is 1. The molecule has 17 heavy (non-hydrogen) atoms. The lowest BCUT2D eigenvalue weighted by Gasteiger charge is -2.23. The molecule has 0 aromatic heterocycles. The van der Waals surface area contributed by atoms with E-state index in [9.17, 15) is 9.18 Å². The van der Waals surface area contributed by atoms with Gasteiger partial charge in [-0.1, -0.05) is 6.07 Å². The fourth-order valence-electron chi connectivity index (χ4n) is 1.92. The van der Waals surface area contributed by atoms with Crippen LogP contribution in [-0.4, -0.2) is 25.0 Å². The van der Waals surface area contributed by atoms with Gasteiger partial charge >= 0.3 is 0 Å². The predicted molar refractivity (Wildman–Crippen MR) is 67.5 cm³/mol. The van der Waals surface area contributed by atoms with Gasteiger partial charge in [-0.25, -0.2) is 4.39 Å². The maximum Gasteiger partial charge on any atom is 0.254 e. The first-order valence-electron chi connectivity index (χ1n) is 5.64. The summed E-state index contributed by atoms with van der Waals surface area (Å²) in [5.41, 5.74) is 0.0879. The third-order valence-electron chi connectivity index (χ3n) is 2.83. The Balaban J connectivity index is 2.06. The molecule has 1 aliphatic heterocycles. The van der Waals surface area contributed by atoms with Crippen molar-refractivity contribution < 1.29 is 9.18 Å². The van der Waals surface area contributed by atoms with Crippen LogP contribution in [0.5, 0.6) is 0 Å². The van der Waals surface area contributed by atoms with Gasteiger partial charge in [0.25, 0.3) is 5.91 Å². The van der Waals surface area contributed by atoms with Crippen LogP contribution < -0.4 is 10.6 Å². The van der Waals surface area contributed by atoms with E-state index in [0.717, 1.165) is 25.9 Å². The molecule has 1 aliphatic rings. The number of benzene rings is 1. The fraction of sp³-hybridized carbons (Fsp3) is 0.417. The second-order valence-corrected chi connectivity index (χ2v) is 4.97. The topological polar surface area (TPSA) is 41.1 Å². The van der Waals surface area contributed by atoms with Crippen molar-refractivity contribution in [1.82, 2.24) is 10.6 Å². The highest BCUT2D eigenvalue weighted by atomic mass is 79.9. The smallest absolute Gasteiger partial charge is 0.254 e. The Bertz CT molecular complexity index is 419. The Hall–Kier alpha value is -0.940. The van der Waals surface area contributed by atoms with Crippen LogP contribution in [-0.2, 0) is 0 Å². The first kappa shape index (κ1) is 12.5. The second-order valence-electron chi connectivity index (χ2n) is 4.12. The SMILES string of the molecule is O=C(N[C@@H]1CCCNC1)c1cccc(Br)c1F. The molecule has 1 aromatic rings. The molecule has 1 heterocycles. The Kier molecular flexibility index (Phi) is 4.12. The highest BCUT2D eigenvalue weighted by Gasteiger charge is 2.19. The summed E-state index contributed by atoms with van der Waals surface area (Å²) in [6.45, 7) is 1.74. The molecule has 0 spiro atoms. The quantitative estimate of drug-likeness (QED) is 0.878. The van der Waals surface area contributed by atoms with Crippen LogP contribution in [0.4, 0.5) is 4.39 Å². The van der Waals surface area contributed by atoms with Gasteiger partial charge in [-0.05, 0) is 47.4 Å². The maximum atomic E-state index is 13.7. The molecular weight excluding hydrogens is 287 g/mol.